The number of carbonyl (C=O) groups is 1. The number of hydrogen-bond acceptors (Lipinski definition) is 5. The van der Waals surface area contributed by atoms with Gasteiger partial charge in [-0.2, -0.15) is 0 Å². The molecule has 6 nitrogen and oxygen atoms in total. The first-order valence-corrected chi connectivity index (χ1v) is 9.33. The zero-order chi connectivity index (χ0) is 18.9. The number of rotatable bonds is 5. The number of fused-ring (bicyclic) bond motifs is 1. The second kappa shape index (κ2) is 6.88. The zero-order valence-corrected chi connectivity index (χ0v) is 15.1. The van der Waals surface area contributed by atoms with E-state index < -0.39 is 0 Å². The molecule has 1 aliphatic rings. The molecule has 0 atom stereocenters. The quantitative estimate of drug-likeness (QED) is 0.572. The van der Waals surface area contributed by atoms with Crippen LogP contribution in [-0.2, 0) is 6.54 Å². The Kier molecular flexibility index (Phi) is 4.09. The highest BCUT2D eigenvalue weighted by molar-refractivity contribution is 6.06. The topological polar surface area (TPSA) is 80.9 Å². The lowest BCUT2D eigenvalue weighted by atomic mass is 10.1. The fourth-order valence-electron chi connectivity index (χ4n) is 3.25. The van der Waals surface area contributed by atoms with Gasteiger partial charge in [-0.15, -0.1) is 10.2 Å². The first-order chi connectivity index (χ1) is 13.8. The highest BCUT2D eigenvalue weighted by Crippen LogP contribution is 2.40. The second-order valence-electron chi connectivity index (χ2n) is 6.94. The zero-order valence-electron chi connectivity index (χ0n) is 15.1. The van der Waals surface area contributed by atoms with E-state index in [2.05, 4.69) is 15.5 Å². The molecule has 5 rings (SSSR count). The number of pyridine rings is 1. The Morgan fingerprint density at radius 1 is 1.04 bits per heavy atom. The minimum atomic E-state index is -0.167. The lowest BCUT2D eigenvalue weighted by Gasteiger charge is -2.09. The third-order valence-electron chi connectivity index (χ3n) is 4.86. The first-order valence-electron chi connectivity index (χ1n) is 9.33. The highest BCUT2D eigenvalue weighted by atomic mass is 16.4. The van der Waals surface area contributed by atoms with E-state index in [1.54, 1.807) is 0 Å². The van der Waals surface area contributed by atoms with Gasteiger partial charge in [-0.05, 0) is 37.1 Å². The van der Waals surface area contributed by atoms with Gasteiger partial charge in [0.25, 0.3) is 5.91 Å². The summed E-state index contributed by atoms with van der Waals surface area (Å²) in [6.45, 7) is 0.175. The summed E-state index contributed by atoms with van der Waals surface area (Å²) in [6.07, 6.45) is 2.27. The van der Waals surface area contributed by atoms with Crippen molar-refractivity contribution in [3.05, 3.63) is 77.8 Å². The van der Waals surface area contributed by atoms with E-state index in [0.29, 0.717) is 23.3 Å². The molecule has 2 heterocycles. The van der Waals surface area contributed by atoms with Crippen molar-refractivity contribution < 1.29 is 9.21 Å². The molecule has 6 heteroatoms. The van der Waals surface area contributed by atoms with Crippen LogP contribution in [0.1, 0.15) is 40.7 Å². The van der Waals surface area contributed by atoms with E-state index >= 15 is 0 Å². The van der Waals surface area contributed by atoms with Gasteiger partial charge in [-0.1, -0.05) is 36.4 Å². The monoisotopic (exact) mass is 370 g/mol. The van der Waals surface area contributed by atoms with Crippen LogP contribution in [0.4, 0.5) is 0 Å². The molecule has 1 fully saturated rings. The molecular weight excluding hydrogens is 352 g/mol. The lowest BCUT2D eigenvalue weighted by molar-refractivity contribution is 0.0949. The molecule has 28 heavy (non-hydrogen) atoms. The maximum atomic E-state index is 12.9. The summed E-state index contributed by atoms with van der Waals surface area (Å²) in [4.78, 5) is 17.6. The number of benzene rings is 2. The number of hydrogen-bond donors (Lipinski definition) is 1. The number of carbonyl (C=O) groups excluding carboxylic acids is 1. The fourth-order valence-corrected chi connectivity index (χ4v) is 3.25. The van der Waals surface area contributed by atoms with Crippen molar-refractivity contribution in [2.24, 2.45) is 0 Å². The van der Waals surface area contributed by atoms with Crippen molar-refractivity contribution in [2.75, 3.05) is 0 Å². The van der Waals surface area contributed by atoms with Crippen LogP contribution in [0.3, 0.4) is 0 Å². The summed E-state index contributed by atoms with van der Waals surface area (Å²) in [5, 5.41) is 11.8. The predicted molar refractivity (Wildman–Crippen MR) is 105 cm³/mol. The smallest absolute Gasteiger partial charge is 0.252 e. The van der Waals surface area contributed by atoms with Gasteiger partial charge in [0.15, 0.2) is 0 Å². The molecule has 1 N–H and O–H groups in total. The third-order valence-corrected chi connectivity index (χ3v) is 4.86. The Labute approximate surface area is 161 Å². The van der Waals surface area contributed by atoms with E-state index in [1.165, 1.54) is 0 Å². The number of amides is 1. The van der Waals surface area contributed by atoms with Crippen molar-refractivity contribution >= 4 is 16.8 Å². The normalized spacial score (nSPS) is 13.6. The van der Waals surface area contributed by atoms with Crippen molar-refractivity contribution in [3.8, 4) is 11.5 Å². The summed E-state index contributed by atoms with van der Waals surface area (Å²) >= 11 is 0. The maximum Gasteiger partial charge on any atom is 0.252 e. The molecule has 138 valence electrons. The number of aromatic nitrogens is 3. The largest absolute Gasteiger partial charge is 0.419 e. The summed E-state index contributed by atoms with van der Waals surface area (Å²) < 4.78 is 5.67. The van der Waals surface area contributed by atoms with Crippen LogP contribution in [0.2, 0.25) is 0 Å². The van der Waals surface area contributed by atoms with Crippen LogP contribution < -0.4 is 5.32 Å². The van der Waals surface area contributed by atoms with E-state index in [1.807, 2.05) is 60.7 Å². The van der Waals surface area contributed by atoms with Crippen LogP contribution in [0.25, 0.3) is 22.4 Å². The van der Waals surface area contributed by atoms with E-state index in [-0.39, 0.29) is 12.5 Å². The summed E-state index contributed by atoms with van der Waals surface area (Å²) in [7, 11) is 0. The van der Waals surface area contributed by atoms with Gasteiger partial charge in [-0.25, -0.2) is 0 Å². The highest BCUT2D eigenvalue weighted by Gasteiger charge is 2.27. The summed E-state index contributed by atoms with van der Waals surface area (Å²) in [6, 6.07) is 19.2. The predicted octanol–water partition coefficient (Wildman–Crippen LogP) is 4.09. The van der Waals surface area contributed by atoms with Crippen molar-refractivity contribution in [1.82, 2.24) is 20.5 Å². The molecule has 0 spiro atoms. The number of nitrogens with zero attached hydrogens (tertiary/aromatic N) is 3. The van der Waals surface area contributed by atoms with E-state index in [4.69, 9.17) is 9.40 Å². The van der Waals surface area contributed by atoms with Crippen molar-refractivity contribution in [1.29, 1.82) is 0 Å². The standard InChI is InChI=1S/C22H18N4O2/c27-21(23-13-20-25-26-22(28-20)15-6-2-1-3-7-15)17-12-19(14-10-11-14)24-18-9-5-4-8-16(17)18/h1-9,12,14H,10-11,13H2,(H,23,27). The molecule has 0 saturated heterocycles. The maximum absolute atomic E-state index is 12.9. The SMILES string of the molecule is O=C(NCc1nnc(-c2ccccc2)o1)c1cc(C2CC2)nc2ccccc12. The first kappa shape index (κ1) is 16.6. The summed E-state index contributed by atoms with van der Waals surface area (Å²) in [5.41, 5.74) is 3.33. The third kappa shape index (κ3) is 3.24. The molecule has 2 aromatic carbocycles. The minimum absolute atomic E-state index is 0.167. The van der Waals surface area contributed by atoms with Gasteiger partial charge in [0, 0.05) is 22.6 Å². The molecule has 0 bridgehead atoms. The van der Waals surface area contributed by atoms with Gasteiger partial charge in [0.2, 0.25) is 11.8 Å². The molecule has 1 aliphatic carbocycles. The Bertz CT molecular complexity index is 1150. The summed E-state index contributed by atoms with van der Waals surface area (Å²) in [5.74, 6) is 1.11. The van der Waals surface area contributed by atoms with Gasteiger partial charge in [0.05, 0.1) is 17.6 Å². The van der Waals surface area contributed by atoms with E-state index in [9.17, 15) is 4.79 Å². The molecule has 0 aliphatic heterocycles. The van der Waals surface area contributed by atoms with Gasteiger partial charge in [0.1, 0.15) is 0 Å². The molecule has 0 radical (unpaired) electrons. The molecule has 1 amide bonds. The Morgan fingerprint density at radius 2 is 1.82 bits per heavy atom. The molecule has 4 aromatic rings. The fraction of sp³-hybridized carbons (Fsp3) is 0.182. The Balaban J connectivity index is 1.37. The molecular formula is C22H18N4O2. The number of nitrogens with one attached hydrogen (secondary N) is 1. The van der Waals surface area contributed by atoms with Crippen LogP contribution in [0.15, 0.2) is 65.1 Å². The minimum Gasteiger partial charge on any atom is -0.419 e. The van der Waals surface area contributed by atoms with Crippen molar-refractivity contribution in [2.45, 2.75) is 25.3 Å². The van der Waals surface area contributed by atoms with Gasteiger partial charge >= 0.3 is 0 Å². The van der Waals surface area contributed by atoms with Crippen LogP contribution in [0.5, 0.6) is 0 Å². The van der Waals surface area contributed by atoms with Gasteiger partial charge < -0.3 is 9.73 Å². The number of para-hydroxylation sites is 1. The van der Waals surface area contributed by atoms with Crippen LogP contribution >= 0.6 is 0 Å². The van der Waals surface area contributed by atoms with Gasteiger partial charge in [-0.3, -0.25) is 9.78 Å². The second-order valence-corrected chi connectivity index (χ2v) is 6.94. The lowest BCUT2D eigenvalue weighted by Crippen LogP contribution is -2.23. The Hall–Kier alpha value is -3.54. The average Bonchev–Trinajstić information content (AvgIpc) is 3.49. The molecule has 2 aromatic heterocycles. The molecule has 0 unspecified atom stereocenters. The van der Waals surface area contributed by atoms with Crippen molar-refractivity contribution in [3.63, 3.8) is 0 Å². The van der Waals surface area contributed by atoms with Crippen LogP contribution in [0, 0.1) is 0 Å². The Morgan fingerprint density at radius 3 is 2.64 bits per heavy atom. The van der Waals surface area contributed by atoms with Crippen LogP contribution in [-0.4, -0.2) is 21.1 Å². The molecule has 1 saturated carbocycles. The van der Waals surface area contributed by atoms with E-state index in [0.717, 1.165) is 35.0 Å². The average molecular weight is 370 g/mol.